The van der Waals surface area contributed by atoms with Crippen molar-refractivity contribution < 1.29 is 4.79 Å². The Bertz CT molecular complexity index is 1210. The molecular formula is C18H13ClN4O2S. The number of thiophene rings is 1. The highest BCUT2D eigenvalue weighted by Gasteiger charge is 2.16. The maximum absolute atomic E-state index is 12.9. The summed E-state index contributed by atoms with van der Waals surface area (Å²) in [5.74, 6) is 0.129. The van der Waals surface area contributed by atoms with Gasteiger partial charge in [0.25, 0.3) is 5.56 Å². The number of aryl methyl sites for hydroxylation is 1. The van der Waals surface area contributed by atoms with Crippen LogP contribution in [-0.4, -0.2) is 20.4 Å². The van der Waals surface area contributed by atoms with Gasteiger partial charge in [0.2, 0.25) is 5.91 Å². The molecule has 0 aliphatic rings. The Morgan fingerprint density at radius 3 is 2.88 bits per heavy atom. The van der Waals surface area contributed by atoms with Gasteiger partial charge in [0.1, 0.15) is 21.9 Å². The molecule has 6 nitrogen and oxygen atoms in total. The summed E-state index contributed by atoms with van der Waals surface area (Å²) in [4.78, 5) is 34.8. The van der Waals surface area contributed by atoms with E-state index in [9.17, 15) is 9.59 Å². The number of rotatable bonds is 3. The molecule has 0 unspecified atom stereocenters. The van der Waals surface area contributed by atoms with Crippen molar-refractivity contribution in [2.75, 3.05) is 5.32 Å². The first-order chi connectivity index (χ1) is 12.5. The number of hydrogen-bond acceptors (Lipinski definition) is 5. The lowest BCUT2D eigenvalue weighted by Crippen LogP contribution is -2.29. The Labute approximate surface area is 157 Å². The predicted molar refractivity (Wildman–Crippen MR) is 104 cm³/mol. The summed E-state index contributed by atoms with van der Waals surface area (Å²) in [6, 6.07) is 10.6. The molecule has 0 spiro atoms. The number of para-hydroxylation sites is 1. The number of nitrogens with zero attached hydrogens (tertiary/aromatic N) is 3. The van der Waals surface area contributed by atoms with E-state index in [1.807, 2.05) is 12.1 Å². The zero-order valence-electron chi connectivity index (χ0n) is 13.7. The van der Waals surface area contributed by atoms with Crippen molar-refractivity contribution in [3.05, 3.63) is 63.8 Å². The molecule has 4 rings (SSSR count). The molecule has 0 saturated heterocycles. The molecule has 0 atom stereocenters. The van der Waals surface area contributed by atoms with Crippen molar-refractivity contribution in [2.24, 2.45) is 0 Å². The van der Waals surface area contributed by atoms with Gasteiger partial charge in [-0.15, -0.1) is 11.3 Å². The van der Waals surface area contributed by atoms with Gasteiger partial charge in [-0.2, -0.15) is 0 Å². The van der Waals surface area contributed by atoms with Gasteiger partial charge in [-0.3, -0.25) is 14.2 Å². The topological polar surface area (TPSA) is 76.9 Å². The highest BCUT2D eigenvalue weighted by atomic mass is 35.5. The van der Waals surface area contributed by atoms with Crippen LogP contribution in [-0.2, 0) is 11.3 Å². The number of aromatic nitrogens is 3. The zero-order valence-corrected chi connectivity index (χ0v) is 15.3. The molecule has 130 valence electrons. The lowest BCUT2D eigenvalue weighted by molar-refractivity contribution is -0.116. The molecule has 1 aromatic carbocycles. The highest BCUT2D eigenvalue weighted by Crippen LogP contribution is 2.28. The third-order valence-electron chi connectivity index (χ3n) is 3.99. The number of halogens is 1. The van der Waals surface area contributed by atoms with Gasteiger partial charge in [-0.25, -0.2) is 9.97 Å². The van der Waals surface area contributed by atoms with Gasteiger partial charge in [0, 0.05) is 11.6 Å². The minimum atomic E-state index is -0.344. The highest BCUT2D eigenvalue weighted by molar-refractivity contribution is 7.25. The van der Waals surface area contributed by atoms with E-state index in [4.69, 9.17) is 11.6 Å². The molecule has 3 heterocycles. The van der Waals surface area contributed by atoms with Crippen molar-refractivity contribution in [1.82, 2.24) is 14.5 Å². The van der Waals surface area contributed by atoms with Crippen molar-refractivity contribution in [2.45, 2.75) is 13.5 Å². The van der Waals surface area contributed by atoms with Crippen LogP contribution < -0.4 is 10.9 Å². The van der Waals surface area contributed by atoms with Crippen LogP contribution in [0.1, 0.15) is 5.82 Å². The molecule has 26 heavy (non-hydrogen) atoms. The standard InChI is InChI=1S/C18H13ClN4O2S/c1-10-21-15-11-5-4-8-20-17(11)26-16(15)18(25)23(10)9-14(24)22-13-7-3-2-6-12(13)19/h2-8H,9H2,1H3,(H,22,24). The monoisotopic (exact) mass is 384 g/mol. The first kappa shape index (κ1) is 16.7. The first-order valence-corrected chi connectivity index (χ1v) is 9.03. The van der Waals surface area contributed by atoms with E-state index in [0.29, 0.717) is 26.8 Å². The summed E-state index contributed by atoms with van der Waals surface area (Å²) in [6.45, 7) is 1.57. The second-order valence-corrected chi connectivity index (χ2v) is 7.12. The van der Waals surface area contributed by atoms with Gasteiger partial charge in [0.15, 0.2) is 0 Å². The molecule has 1 amide bonds. The fourth-order valence-corrected chi connectivity index (χ4v) is 3.96. The molecule has 1 N–H and O–H groups in total. The number of fused-ring (bicyclic) bond motifs is 3. The van der Waals surface area contributed by atoms with Crippen molar-refractivity contribution in [1.29, 1.82) is 0 Å². The van der Waals surface area contributed by atoms with Crippen molar-refractivity contribution >= 4 is 55.0 Å². The molecule has 3 aromatic heterocycles. The number of carbonyl (C=O) groups excluding carboxylic acids is 1. The molecule has 0 aliphatic heterocycles. The van der Waals surface area contributed by atoms with Crippen LogP contribution in [0, 0.1) is 6.92 Å². The Kier molecular flexibility index (Phi) is 4.18. The second-order valence-electron chi connectivity index (χ2n) is 5.71. The third kappa shape index (κ3) is 2.85. The number of nitrogens with one attached hydrogen (secondary N) is 1. The predicted octanol–water partition coefficient (Wildman–Crippen LogP) is 3.61. The lowest BCUT2D eigenvalue weighted by Gasteiger charge is -2.10. The smallest absolute Gasteiger partial charge is 0.272 e. The van der Waals surface area contributed by atoms with Crippen molar-refractivity contribution in [3.63, 3.8) is 0 Å². The quantitative estimate of drug-likeness (QED) is 0.585. The van der Waals surface area contributed by atoms with E-state index in [0.717, 1.165) is 10.2 Å². The molecule has 4 aromatic rings. The summed E-state index contributed by atoms with van der Waals surface area (Å²) >= 11 is 7.34. The fourth-order valence-electron chi connectivity index (χ4n) is 2.75. The average molecular weight is 385 g/mol. The summed E-state index contributed by atoms with van der Waals surface area (Å²) < 4.78 is 1.86. The molecular weight excluding hydrogens is 372 g/mol. The SMILES string of the molecule is Cc1nc2c(sc3ncccc32)c(=O)n1CC(=O)Nc1ccccc1Cl. The number of hydrogen-bond donors (Lipinski definition) is 1. The zero-order chi connectivity index (χ0) is 18.3. The molecule has 0 saturated carbocycles. The maximum Gasteiger partial charge on any atom is 0.272 e. The molecule has 0 fully saturated rings. The Morgan fingerprint density at radius 2 is 2.08 bits per heavy atom. The summed E-state index contributed by atoms with van der Waals surface area (Å²) in [6.07, 6.45) is 1.68. The van der Waals surface area contributed by atoms with Gasteiger partial charge < -0.3 is 5.32 Å². The summed E-state index contributed by atoms with van der Waals surface area (Å²) in [5.41, 5.74) is 0.887. The van der Waals surface area contributed by atoms with Crippen LogP contribution in [0.4, 0.5) is 5.69 Å². The Balaban J connectivity index is 1.72. The van der Waals surface area contributed by atoms with E-state index in [1.54, 1.807) is 37.4 Å². The summed E-state index contributed by atoms with van der Waals surface area (Å²) in [5, 5.41) is 4.01. The average Bonchev–Trinajstić information content (AvgIpc) is 2.99. The third-order valence-corrected chi connectivity index (χ3v) is 5.41. The number of pyridine rings is 1. The largest absolute Gasteiger partial charge is 0.323 e. The Hall–Kier alpha value is -2.77. The van der Waals surface area contributed by atoms with E-state index in [-0.39, 0.29) is 18.0 Å². The minimum Gasteiger partial charge on any atom is -0.323 e. The van der Waals surface area contributed by atoms with Gasteiger partial charge in [0.05, 0.1) is 16.2 Å². The fraction of sp³-hybridized carbons (Fsp3) is 0.111. The van der Waals surface area contributed by atoms with E-state index >= 15 is 0 Å². The van der Waals surface area contributed by atoms with E-state index in [2.05, 4.69) is 15.3 Å². The molecule has 0 bridgehead atoms. The van der Waals surface area contributed by atoms with Gasteiger partial charge in [-0.1, -0.05) is 23.7 Å². The normalized spacial score (nSPS) is 11.2. The second kappa shape index (κ2) is 6.51. The van der Waals surface area contributed by atoms with E-state index < -0.39 is 0 Å². The number of amides is 1. The van der Waals surface area contributed by atoms with E-state index in [1.165, 1.54) is 15.9 Å². The number of anilines is 1. The van der Waals surface area contributed by atoms with Crippen LogP contribution in [0.5, 0.6) is 0 Å². The molecule has 8 heteroatoms. The van der Waals surface area contributed by atoms with Crippen LogP contribution in [0.2, 0.25) is 5.02 Å². The van der Waals surface area contributed by atoms with Gasteiger partial charge >= 0.3 is 0 Å². The molecule has 0 radical (unpaired) electrons. The van der Waals surface area contributed by atoms with Crippen LogP contribution in [0.3, 0.4) is 0 Å². The summed E-state index contributed by atoms with van der Waals surface area (Å²) in [7, 11) is 0. The van der Waals surface area contributed by atoms with Crippen molar-refractivity contribution in [3.8, 4) is 0 Å². The lowest BCUT2D eigenvalue weighted by atomic mass is 10.3. The van der Waals surface area contributed by atoms with Gasteiger partial charge in [-0.05, 0) is 31.2 Å². The van der Waals surface area contributed by atoms with Crippen LogP contribution in [0.25, 0.3) is 20.4 Å². The number of carbonyl (C=O) groups is 1. The minimum absolute atomic E-state index is 0.138. The molecule has 0 aliphatic carbocycles. The number of benzene rings is 1. The van der Waals surface area contributed by atoms with Crippen LogP contribution in [0.15, 0.2) is 47.4 Å². The first-order valence-electron chi connectivity index (χ1n) is 7.83. The Morgan fingerprint density at radius 1 is 1.27 bits per heavy atom. The maximum atomic E-state index is 12.9. The van der Waals surface area contributed by atoms with Crippen LogP contribution >= 0.6 is 22.9 Å².